The molecule has 3 heterocycles. The molecule has 138 valence electrons. The summed E-state index contributed by atoms with van der Waals surface area (Å²) in [4.78, 5) is 25.2. The first-order valence-electron chi connectivity index (χ1n) is 8.64. The molecule has 1 fully saturated rings. The molecule has 8 nitrogen and oxygen atoms in total. The summed E-state index contributed by atoms with van der Waals surface area (Å²) in [6, 6.07) is 11.9. The van der Waals surface area contributed by atoms with Crippen LogP contribution in [0.3, 0.4) is 0 Å². The van der Waals surface area contributed by atoms with Crippen molar-refractivity contribution in [3.8, 4) is 17.0 Å². The molecule has 0 spiro atoms. The maximum Gasteiger partial charge on any atom is 0.248 e. The normalized spacial score (nSPS) is 14.1. The Balaban J connectivity index is 1.73. The van der Waals surface area contributed by atoms with Crippen LogP contribution >= 0.6 is 0 Å². The van der Waals surface area contributed by atoms with Crippen LogP contribution in [0.4, 0.5) is 17.5 Å². The van der Waals surface area contributed by atoms with Crippen molar-refractivity contribution in [1.82, 2.24) is 15.0 Å². The second-order valence-corrected chi connectivity index (χ2v) is 6.15. The number of nitrogens with zero attached hydrogens (tertiary/aromatic N) is 3. The van der Waals surface area contributed by atoms with Crippen LogP contribution in [0.5, 0.6) is 5.75 Å². The van der Waals surface area contributed by atoms with Crippen LogP contribution in [0.2, 0.25) is 0 Å². The molecule has 3 N–H and O–H groups in total. The van der Waals surface area contributed by atoms with Gasteiger partial charge in [0.15, 0.2) is 0 Å². The predicted molar refractivity (Wildman–Crippen MR) is 103 cm³/mol. The summed E-state index contributed by atoms with van der Waals surface area (Å²) in [7, 11) is 0. The second-order valence-electron chi connectivity index (χ2n) is 6.15. The Morgan fingerprint density at radius 1 is 1.11 bits per heavy atom. The monoisotopic (exact) mass is 365 g/mol. The van der Waals surface area contributed by atoms with Gasteiger partial charge in [-0.3, -0.25) is 4.79 Å². The molecule has 3 aromatic rings. The Labute approximate surface area is 155 Å². The van der Waals surface area contributed by atoms with Crippen molar-refractivity contribution in [1.29, 1.82) is 0 Å². The van der Waals surface area contributed by atoms with Gasteiger partial charge in [-0.15, -0.1) is 0 Å². The zero-order valence-corrected chi connectivity index (χ0v) is 14.6. The van der Waals surface area contributed by atoms with E-state index in [9.17, 15) is 9.90 Å². The fraction of sp³-hybridized carbons (Fsp3) is 0.211. The molecule has 0 saturated carbocycles. The summed E-state index contributed by atoms with van der Waals surface area (Å²) >= 11 is 0. The molecule has 2 aromatic heterocycles. The van der Waals surface area contributed by atoms with Crippen molar-refractivity contribution in [2.45, 2.75) is 0 Å². The van der Waals surface area contributed by atoms with E-state index in [2.05, 4.69) is 25.2 Å². The molecule has 1 aromatic carbocycles. The quantitative estimate of drug-likeness (QED) is 0.651. The maximum absolute atomic E-state index is 11.3. The van der Waals surface area contributed by atoms with E-state index in [1.165, 1.54) is 6.07 Å². The van der Waals surface area contributed by atoms with E-state index in [0.717, 1.165) is 5.56 Å². The van der Waals surface area contributed by atoms with Crippen LogP contribution in [-0.4, -0.2) is 46.4 Å². The van der Waals surface area contributed by atoms with Gasteiger partial charge in [-0.25, -0.2) is 4.98 Å². The number of aromatic nitrogens is 3. The van der Waals surface area contributed by atoms with Gasteiger partial charge in [-0.05, 0) is 18.2 Å². The SMILES string of the molecule is O=c1ccc(Nc2cc(-c3cccc(O)c3)nc(N3CCOCC3)n2)c[nH]1. The van der Waals surface area contributed by atoms with Crippen LogP contribution in [0.25, 0.3) is 11.3 Å². The Bertz CT molecular complexity index is 978. The van der Waals surface area contributed by atoms with E-state index in [1.54, 1.807) is 30.5 Å². The van der Waals surface area contributed by atoms with E-state index in [0.29, 0.717) is 49.5 Å². The topological polar surface area (TPSA) is 103 Å². The number of aromatic hydroxyl groups is 1. The molecule has 0 aliphatic carbocycles. The highest BCUT2D eigenvalue weighted by Crippen LogP contribution is 2.27. The predicted octanol–water partition coefficient (Wildman–Crippen LogP) is 2.12. The molecule has 0 amide bonds. The molecule has 0 bridgehead atoms. The van der Waals surface area contributed by atoms with Crippen molar-refractivity contribution >= 4 is 17.5 Å². The molecule has 1 aliphatic heterocycles. The zero-order chi connectivity index (χ0) is 18.6. The van der Waals surface area contributed by atoms with Crippen molar-refractivity contribution in [2.24, 2.45) is 0 Å². The fourth-order valence-electron chi connectivity index (χ4n) is 2.85. The summed E-state index contributed by atoms with van der Waals surface area (Å²) in [5, 5.41) is 13.0. The number of phenolic OH excluding ortho intramolecular Hbond substituents is 1. The fourth-order valence-corrected chi connectivity index (χ4v) is 2.85. The lowest BCUT2D eigenvalue weighted by Crippen LogP contribution is -2.37. The number of anilines is 3. The zero-order valence-electron chi connectivity index (χ0n) is 14.6. The highest BCUT2D eigenvalue weighted by atomic mass is 16.5. The first-order valence-corrected chi connectivity index (χ1v) is 8.64. The van der Waals surface area contributed by atoms with Crippen LogP contribution < -0.4 is 15.8 Å². The largest absolute Gasteiger partial charge is 0.508 e. The first-order chi connectivity index (χ1) is 13.2. The molecule has 1 aliphatic rings. The number of nitrogens with one attached hydrogen (secondary N) is 2. The van der Waals surface area contributed by atoms with Gasteiger partial charge in [0.2, 0.25) is 11.5 Å². The number of pyridine rings is 1. The summed E-state index contributed by atoms with van der Waals surface area (Å²) in [5.74, 6) is 1.36. The van der Waals surface area contributed by atoms with Gasteiger partial charge in [0, 0.05) is 37.0 Å². The first kappa shape index (κ1) is 17.0. The van der Waals surface area contributed by atoms with Gasteiger partial charge in [0.25, 0.3) is 0 Å². The van der Waals surface area contributed by atoms with Gasteiger partial charge >= 0.3 is 0 Å². The summed E-state index contributed by atoms with van der Waals surface area (Å²) < 4.78 is 5.41. The molecule has 27 heavy (non-hydrogen) atoms. The number of rotatable bonds is 4. The number of aromatic amines is 1. The highest BCUT2D eigenvalue weighted by Gasteiger charge is 2.16. The summed E-state index contributed by atoms with van der Waals surface area (Å²) in [6.45, 7) is 2.67. The number of benzene rings is 1. The number of ether oxygens (including phenoxy) is 1. The molecule has 0 unspecified atom stereocenters. The van der Waals surface area contributed by atoms with Gasteiger partial charge in [-0.1, -0.05) is 12.1 Å². The Kier molecular flexibility index (Phi) is 4.71. The Morgan fingerprint density at radius 2 is 1.96 bits per heavy atom. The van der Waals surface area contributed by atoms with Crippen molar-refractivity contribution in [3.05, 3.63) is 59.0 Å². The number of hydrogen-bond acceptors (Lipinski definition) is 7. The van der Waals surface area contributed by atoms with E-state index in [-0.39, 0.29) is 11.3 Å². The van der Waals surface area contributed by atoms with Crippen LogP contribution in [-0.2, 0) is 4.74 Å². The molecule has 8 heteroatoms. The Morgan fingerprint density at radius 3 is 2.70 bits per heavy atom. The summed E-state index contributed by atoms with van der Waals surface area (Å²) in [6.07, 6.45) is 1.59. The highest BCUT2D eigenvalue weighted by molar-refractivity contribution is 5.68. The van der Waals surface area contributed by atoms with Crippen LogP contribution in [0, 0.1) is 0 Å². The lowest BCUT2D eigenvalue weighted by Gasteiger charge is -2.27. The third-order valence-corrected chi connectivity index (χ3v) is 4.21. The van der Waals surface area contributed by atoms with E-state index in [1.807, 2.05) is 12.1 Å². The average Bonchev–Trinajstić information content (AvgIpc) is 2.70. The van der Waals surface area contributed by atoms with Gasteiger partial charge < -0.3 is 25.0 Å². The minimum Gasteiger partial charge on any atom is -0.508 e. The molecule has 1 saturated heterocycles. The lowest BCUT2D eigenvalue weighted by molar-refractivity contribution is 0.122. The van der Waals surface area contributed by atoms with Crippen molar-refractivity contribution in [3.63, 3.8) is 0 Å². The maximum atomic E-state index is 11.3. The van der Waals surface area contributed by atoms with Crippen LogP contribution in [0.1, 0.15) is 0 Å². The number of H-pyrrole nitrogens is 1. The molecule has 0 atom stereocenters. The molecule has 0 radical (unpaired) electrons. The number of phenols is 1. The average molecular weight is 365 g/mol. The van der Waals surface area contributed by atoms with E-state index < -0.39 is 0 Å². The van der Waals surface area contributed by atoms with Gasteiger partial charge in [0.1, 0.15) is 11.6 Å². The third-order valence-electron chi connectivity index (χ3n) is 4.21. The third kappa shape index (κ3) is 4.06. The standard InChI is InChI=1S/C19H19N5O3/c25-15-3-1-2-13(10-15)16-11-17(21-14-4-5-18(26)20-12-14)23-19(22-16)24-6-8-27-9-7-24/h1-5,10-12,25H,6-9H2,(H,20,26)(H,21,22,23). The van der Waals surface area contributed by atoms with Crippen molar-refractivity contribution < 1.29 is 9.84 Å². The van der Waals surface area contributed by atoms with E-state index in [4.69, 9.17) is 4.74 Å². The van der Waals surface area contributed by atoms with Crippen molar-refractivity contribution in [2.75, 3.05) is 36.5 Å². The lowest BCUT2D eigenvalue weighted by atomic mass is 10.1. The summed E-state index contributed by atoms with van der Waals surface area (Å²) in [5.41, 5.74) is 2.02. The van der Waals surface area contributed by atoms with E-state index >= 15 is 0 Å². The number of morpholine rings is 1. The Hall–Kier alpha value is -3.39. The van der Waals surface area contributed by atoms with Crippen LogP contribution in [0.15, 0.2) is 53.5 Å². The molecular weight excluding hydrogens is 346 g/mol. The minimum atomic E-state index is -0.169. The smallest absolute Gasteiger partial charge is 0.248 e. The molecular formula is C19H19N5O3. The second kappa shape index (κ2) is 7.46. The van der Waals surface area contributed by atoms with Gasteiger partial charge in [-0.2, -0.15) is 4.98 Å². The molecule has 4 rings (SSSR count). The minimum absolute atomic E-state index is 0.169. The number of hydrogen-bond donors (Lipinski definition) is 3. The van der Waals surface area contributed by atoms with Gasteiger partial charge in [0.05, 0.1) is 24.6 Å².